The maximum atomic E-state index is 12.6. The number of nitrogens with zero attached hydrogens (tertiary/aromatic N) is 1. The summed E-state index contributed by atoms with van der Waals surface area (Å²) in [6, 6.07) is 6.98. The Bertz CT molecular complexity index is 665. The van der Waals surface area contributed by atoms with E-state index in [1.54, 1.807) is 25.1 Å². The van der Waals surface area contributed by atoms with Crippen molar-refractivity contribution in [1.29, 1.82) is 0 Å². The molecule has 1 aliphatic rings. The van der Waals surface area contributed by atoms with E-state index in [1.165, 1.54) is 0 Å². The molecule has 134 valence electrons. The highest BCUT2D eigenvalue weighted by Gasteiger charge is 2.29. The van der Waals surface area contributed by atoms with Crippen molar-refractivity contribution in [2.75, 3.05) is 12.3 Å². The van der Waals surface area contributed by atoms with E-state index in [0.717, 1.165) is 24.8 Å². The predicted octanol–water partition coefficient (Wildman–Crippen LogP) is 3.20. The second-order valence-electron chi connectivity index (χ2n) is 6.82. The van der Waals surface area contributed by atoms with Gasteiger partial charge in [0.15, 0.2) is 0 Å². The van der Waals surface area contributed by atoms with Crippen molar-refractivity contribution in [2.45, 2.75) is 46.6 Å². The molecule has 24 heavy (non-hydrogen) atoms. The normalized spacial score (nSPS) is 15.2. The van der Waals surface area contributed by atoms with Crippen LogP contribution in [-0.4, -0.2) is 31.5 Å². The SMILES string of the molecule is CCS(=O)(=O)Oc1cccc(CN(CC(C)C)C(=O)C2CCC2)c1. The molecule has 0 aliphatic heterocycles. The first-order valence-corrected chi connectivity index (χ1v) is 10.2. The summed E-state index contributed by atoms with van der Waals surface area (Å²) in [7, 11) is -3.54. The van der Waals surface area contributed by atoms with Gasteiger partial charge in [0.25, 0.3) is 0 Å². The molecular formula is C18H27NO4S. The first kappa shape index (κ1) is 18.8. The van der Waals surface area contributed by atoms with Crippen LogP contribution in [0.2, 0.25) is 0 Å². The van der Waals surface area contributed by atoms with Crippen LogP contribution < -0.4 is 4.18 Å². The van der Waals surface area contributed by atoms with E-state index in [4.69, 9.17) is 4.18 Å². The number of hydrogen-bond acceptors (Lipinski definition) is 4. The summed E-state index contributed by atoms with van der Waals surface area (Å²) in [6.07, 6.45) is 3.08. The topological polar surface area (TPSA) is 63.7 Å². The lowest BCUT2D eigenvalue weighted by molar-refractivity contribution is -0.139. The van der Waals surface area contributed by atoms with Crippen LogP contribution in [0.25, 0.3) is 0 Å². The Labute approximate surface area is 145 Å². The zero-order valence-corrected chi connectivity index (χ0v) is 15.5. The largest absolute Gasteiger partial charge is 0.382 e. The molecule has 1 saturated carbocycles. The van der Waals surface area contributed by atoms with Gasteiger partial charge in [0.1, 0.15) is 5.75 Å². The summed E-state index contributed by atoms with van der Waals surface area (Å²) >= 11 is 0. The van der Waals surface area contributed by atoms with Gasteiger partial charge in [-0.2, -0.15) is 8.42 Å². The zero-order chi connectivity index (χ0) is 17.7. The van der Waals surface area contributed by atoms with Crippen LogP contribution in [0, 0.1) is 11.8 Å². The molecule has 1 aromatic rings. The third-order valence-electron chi connectivity index (χ3n) is 4.20. The lowest BCUT2D eigenvalue weighted by Crippen LogP contribution is -2.40. The predicted molar refractivity (Wildman–Crippen MR) is 94.1 cm³/mol. The van der Waals surface area contributed by atoms with Crippen LogP contribution in [0.1, 0.15) is 45.6 Å². The lowest BCUT2D eigenvalue weighted by Gasteiger charge is -2.33. The molecule has 5 nitrogen and oxygen atoms in total. The monoisotopic (exact) mass is 353 g/mol. The Morgan fingerprint density at radius 3 is 2.58 bits per heavy atom. The van der Waals surface area contributed by atoms with Crippen LogP contribution in [0.4, 0.5) is 0 Å². The quantitative estimate of drug-likeness (QED) is 0.673. The van der Waals surface area contributed by atoms with Gasteiger partial charge in [-0.05, 0) is 43.4 Å². The number of carbonyl (C=O) groups is 1. The van der Waals surface area contributed by atoms with Gasteiger partial charge < -0.3 is 9.08 Å². The smallest absolute Gasteiger partial charge is 0.308 e. The molecule has 2 rings (SSSR count). The minimum Gasteiger partial charge on any atom is -0.382 e. The Morgan fingerprint density at radius 1 is 1.33 bits per heavy atom. The van der Waals surface area contributed by atoms with Gasteiger partial charge in [-0.25, -0.2) is 0 Å². The second kappa shape index (κ2) is 8.01. The summed E-state index contributed by atoms with van der Waals surface area (Å²) < 4.78 is 28.3. The van der Waals surface area contributed by atoms with Crippen molar-refractivity contribution < 1.29 is 17.4 Å². The van der Waals surface area contributed by atoms with E-state index in [0.29, 0.717) is 24.8 Å². The number of carbonyl (C=O) groups excluding carboxylic acids is 1. The molecule has 1 fully saturated rings. The van der Waals surface area contributed by atoms with Crippen molar-refractivity contribution in [3.05, 3.63) is 29.8 Å². The van der Waals surface area contributed by atoms with Crippen molar-refractivity contribution in [3.8, 4) is 5.75 Å². The fourth-order valence-corrected chi connectivity index (χ4v) is 3.22. The van der Waals surface area contributed by atoms with E-state index < -0.39 is 10.1 Å². The summed E-state index contributed by atoms with van der Waals surface area (Å²) in [5.41, 5.74) is 0.882. The van der Waals surface area contributed by atoms with Gasteiger partial charge in [0.2, 0.25) is 5.91 Å². The first-order chi connectivity index (χ1) is 11.3. The average Bonchev–Trinajstić information content (AvgIpc) is 2.44. The van der Waals surface area contributed by atoms with E-state index in [1.807, 2.05) is 11.0 Å². The Balaban J connectivity index is 2.11. The fourth-order valence-electron chi connectivity index (χ4n) is 2.71. The van der Waals surface area contributed by atoms with Gasteiger partial charge >= 0.3 is 10.1 Å². The highest BCUT2D eigenvalue weighted by Crippen LogP contribution is 2.29. The third kappa shape index (κ3) is 5.23. The summed E-state index contributed by atoms with van der Waals surface area (Å²) in [6.45, 7) is 6.91. The summed E-state index contributed by atoms with van der Waals surface area (Å²) in [5.74, 6) is 0.978. The van der Waals surface area contributed by atoms with Gasteiger partial charge in [0.05, 0.1) is 5.75 Å². The molecule has 0 saturated heterocycles. The molecule has 0 unspecified atom stereocenters. The molecule has 1 amide bonds. The number of benzene rings is 1. The zero-order valence-electron chi connectivity index (χ0n) is 14.7. The molecule has 1 aliphatic carbocycles. The minimum absolute atomic E-state index is 0.0726. The Hall–Kier alpha value is -1.56. The fraction of sp³-hybridized carbons (Fsp3) is 0.611. The third-order valence-corrected chi connectivity index (χ3v) is 5.35. The molecule has 0 atom stereocenters. The van der Waals surface area contributed by atoms with Crippen molar-refractivity contribution >= 4 is 16.0 Å². The van der Waals surface area contributed by atoms with Gasteiger partial charge in [-0.1, -0.05) is 32.4 Å². The molecule has 0 bridgehead atoms. The Morgan fingerprint density at radius 2 is 2.04 bits per heavy atom. The molecule has 0 heterocycles. The maximum Gasteiger partial charge on any atom is 0.308 e. The van der Waals surface area contributed by atoms with Crippen molar-refractivity contribution in [1.82, 2.24) is 4.90 Å². The first-order valence-electron chi connectivity index (χ1n) is 8.60. The van der Waals surface area contributed by atoms with Gasteiger partial charge in [-0.15, -0.1) is 0 Å². The van der Waals surface area contributed by atoms with Crippen LogP contribution in [0.15, 0.2) is 24.3 Å². The van der Waals surface area contributed by atoms with E-state index in [2.05, 4.69) is 13.8 Å². The van der Waals surface area contributed by atoms with Crippen LogP contribution >= 0.6 is 0 Å². The number of hydrogen-bond donors (Lipinski definition) is 0. The molecule has 6 heteroatoms. The molecular weight excluding hydrogens is 326 g/mol. The lowest BCUT2D eigenvalue weighted by atomic mass is 9.84. The van der Waals surface area contributed by atoms with Gasteiger partial charge in [0, 0.05) is 19.0 Å². The van der Waals surface area contributed by atoms with Crippen molar-refractivity contribution in [2.24, 2.45) is 11.8 Å². The van der Waals surface area contributed by atoms with Crippen LogP contribution in [0.3, 0.4) is 0 Å². The highest BCUT2D eigenvalue weighted by molar-refractivity contribution is 7.87. The summed E-state index contributed by atoms with van der Waals surface area (Å²) in [4.78, 5) is 14.5. The number of rotatable bonds is 8. The molecule has 0 spiro atoms. The van der Waals surface area contributed by atoms with Crippen LogP contribution in [0.5, 0.6) is 5.75 Å². The van der Waals surface area contributed by atoms with Crippen LogP contribution in [-0.2, 0) is 21.5 Å². The Kier molecular flexibility index (Phi) is 6.27. The molecule has 0 N–H and O–H groups in total. The standard InChI is InChI=1S/C18H27NO4S/c1-4-24(21,22)23-17-10-5-7-15(11-17)13-19(12-14(2)3)18(20)16-8-6-9-16/h5,7,10-11,14,16H,4,6,8-9,12-13H2,1-3H3. The maximum absolute atomic E-state index is 12.6. The molecule has 0 radical (unpaired) electrons. The second-order valence-corrected chi connectivity index (χ2v) is 8.68. The van der Waals surface area contributed by atoms with E-state index in [9.17, 15) is 13.2 Å². The number of amides is 1. The summed E-state index contributed by atoms with van der Waals surface area (Å²) in [5, 5.41) is 0. The average molecular weight is 353 g/mol. The molecule has 0 aromatic heterocycles. The van der Waals surface area contributed by atoms with E-state index in [-0.39, 0.29) is 17.6 Å². The van der Waals surface area contributed by atoms with Crippen molar-refractivity contribution in [3.63, 3.8) is 0 Å². The molecule has 1 aromatic carbocycles. The minimum atomic E-state index is -3.54. The van der Waals surface area contributed by atoms with E-state index >= 15 is 0 Å². The highest BCUT2D eigenvalue weighted by atomic mass is 32.2. The van der Waals surface area contributed by atoms with Gasteiger partial charge in [-0.3, -0.25) is 4.79 Å².